The lowest BCUT2D eigenvalue weighted by Crippen LogP contribution is -2.05. The molecule has 0 radical (unpaired) electrons. The second-order valence-electron chi connectivity index (χ2n) is 2.55. The van der Waals surface area contributed by atoms with Crippen LogP contribution in [0.15, 0.2) is 0 Å². The Balaban J connectivity index is 1.95. The summed E-state index contributed by atoms with van der Waals surface area (Å²) in [6, 6.07) is 0. The molecule has 2 fully saturated rings. The Morgan fingerprint density at radius 2 is 2.43 bits per heavy atom. The molecule has 40 valence electrons. The molecule has 0 bridgehead atoms. The summed E-state index contributed by atoms with van der Waals surface area (Å²) < 4.78 is 5.35. The van der Waals surface area contributed by atoms with Gasteiger partial charge in [-0.2, -0.15) is 0 Å². The lowest BCUT2D eigenvalue weighted by Gasteiger charge is -2.07. The van der Waals surface area contributed by atoms with Gasteiger partial charge in [-0.05, 0) is 25.2 Å². The average molecular weight is 98.1 g/mol. The van der Waals surface area contributed by atoms with Gasteiger partial charge >= 0.3 is 0 Å². The third kappa shape index (κ3) is 0.556. The zero-order chi connectivity index (χ0) is 4.69. The topological polar surface area (TPSA) is 9.23 Å². The van der Waals surface area contributed by atoms with E-state index in [0.717, 1.165) is 12.5 Å². The van der Waals surface area contributed by atoms with Crippen LogP contribution in [0.2, 0.25) is 0 Å². The standard InChI is InChI=1S/C6H10O/c1-2-5-4-6(5)7-3-1/h5-6H,1-4H2/t5-,6+/m0/s1. The van der Waals surface area contributed by atoms with Gasteiger partial charge in [-0.15, -0.1) is 0 Å². The Kier molecular flexibility index (Phi) is 0.680. The van der Waals surface area contributed by atoms with Crippen LogP contribution in [0, 0.1) is 5.92 Å². The van der Waals surface area contributed by atoms with Crippen LogP contribution in [-0.4, -0.2) is 12.7 Å². The Labute approximate surface area is 43.7 Å². The highest BCUT2D eigenvalue weighted by atomic mass is 16.5. The van der Waals surface area contributed by atoms with Gasteiger partial charge in [0.25, 0.3) is 0 Å². The van der Waals surface area contributed by atoms with Gasteiger partial charge in [-0.25, -0.2) is 0 Å². The first kappa shape index (κ1) is 3.90. The van der Waals surface area contributed by atoms with Gasteiger partial charge in [0.05, 0.1) is 6.10 Å². The minimum Gasteiger partial charge on any atom is -0.378 e. The van der Waals surface area contributed by atoms with Crippen LogP contribution < -0.4 is 0 Å². The van der Waals surface area contributed by atoms with Crippen molar-refractivity contribution >= 4 is 0 Å². The maximum Gasteiger partial charge on any atom is 0.0607 e. The summed E-state index contributed by atoms with van der Waals surface area (Å²) in [6.07, 6.45) is 4.81. The third-order valence-corrected chi connectivity index (χ3v) is 1.91. The molecule has 2 aliphatic rings. The lowest BCUT2D eigenvalue weighted by molar-refractivity contribution is 0.0798. The van der Waals surface area contributed by atoms with Crippen LogP contribution in [-0.2, 0) is 4.74 Å². The van der Waals surface area contributed by atoms with Crippen LogP contribution in [0.4, 0.5) is 0 Å². The summed E-state index contributed by atoms with van der Waals surface area (Å²) in [5.41, 5.74) is 0. The van der Waals surface area contributed by atoms with Gasteiger partial charge < -0.3 is 4.74 Å². The van der Waals surface area contributed by atoms with Crippen molar-refractivity contribution in [2.45, 2.75) is 25.4 Å². The lowest BCUT2D eigenvalue weighted by atomic mass is 10.2. The molecule has 1 heteroatoms. The number of hydrogen-bond donors (Lipinski definition) is 0. The number of hydrogen-bond acceptors (Lipinski definition) is 1. The van der Waals surface area contributed by atoms with Crippen molar-refractivity contribution in [1.29, 1.82) is 0 Å². The van der Waals surface area contributed by atoms with Crippen molar-refractivity contribution < 1.29 is 4.74 Å². The molecular weight excluding hydrogens is 88.1 g/mol. The van der Waals surface area contributed by atoms with Crippen molar-refractivity contribution in [3.8, 4) is 0 Å². The molecule has 7 heavy (non-hydrogen) atoms. The molecule has 1 saturated heterocycles. The molecule has 0 aromatic heterocycles. The highest BCUT2D eigenvalue weighted by Gasteiger charge is 2.39. The first-order valence-corrected chi connectivity index (χ1v) is 3.08. The Bertz CT molecular complexity index is 70.2. The van der Waals surface area contributed by atoms with Crippen molar-refractivity contribution in [2.24, 2.45) is 5.92 Å². The molecule has 0 aromatic carbocycles. The fourth-order valence-electron chi connectivity index (χ4n) is 1.31. The largest absolute Gasteiger partial charge is 0.378 e. The number of ether oxygens (including phenoxy) is 1. The summed E-state index contributed by atoms with van der Waals surface area (Å²) >= 11 is 0. The second-order valence-corrected chi connectivity index (χ2v) is 2.55. The van der Waals surface area contributed by atoms with Crippen LogP contribution in [0.5, 0.6) is 0 Å². The minimum atomic E-state index is 0.703. The van der Waals surface area contributed by atoms with E-state index in [4.69, 9.17) is 4.74 Å². The van der Waals surface area contributed by atoms with Gasteiger partial charge in [0.1, 0.15) is 0 Å². The monoisotopic (exact) mass is 98.1 g/mol. The summed E-state index contributed by atoms with van der Waals surface area (Å²) in [5.74, 6) is 0.980. The van der Waals surface area contributed by atoms with Crippen molar-refractivity contribution in [2.75, 3.05) is 6.61 Å². The van der Waals surface area contributed by atoms with Gasteiger partial charge in [0, 0.05) is 6.61 Å². The predicted octanol–water partition coefficient (Wildman–Crippen LogP) is 1.19. The van der Waals surface area contributed by atoms with Crippen molar-refractivity contribution in [1.82, 2.24) is 0 Å². The minimum absolute atomic E-state index is 0.703. The molecule has 0 spiro atoms. The molecule has 1 saturated carbocycles. The molecular formula is C6H10O. The van der Waals surface area contributed by atoms with E-state index in [9.17, 15) is 0 Å². The van der Waals surface area contributed by atoms with Gasteiger partial charge in [0.2, 0.25) is 0 Å². The van der Waals surface area contributed by atoms with E-state index in [1.807, 2.05) is 0 Å². The maximum absolute atomic E-state index is 5.35. The molecule has 0 amide bonds. The van der Waals surface area contributed by atoms with Crippen molar-refractivity contribution in [3.05, 3.63) is 0 Å². The maximum atomic E-state index is 5.35. The van der Waals surface area contributed by atoms with Gasteiger partial charge in [-0.1, -0.05) is 0 Å². The quantitative estimate of drug-likeness (QED) is 0.442. The SMILES string of the molecule is C1CO[C@@H]2C[C@@H]2C1. The third-order valence-electron chi connectivity index (χ3n) is 1.91. The normalized spacial score (nSPS) is 48.0. The molecule has 0 unspecified atom stereocenters. The van der Waals surface area contributed by atoms with Crippen LogP contribution in [0.1, 0.15) is 19.3 Å². The molecule has 2 atom stereocenters. The van der Waals surface area contributed by atoms with Gasteiger partial charge in [0.15, 0.2) is 0 Å². The fraction of sp³-hybridized carbons (Fsp3) is 1.00. The Morgan fingerprint density at radius 1 is 1.43 bits per heavy atom. The predicted molar refractivity (Wildman–Crippen MR) is 27.1 cm³/mol. The molecule has 2 rings (SSSR count). The highest BCUT2D eigenvalue weighted by Crippen LogP contribution is 2.40. The van der Waals surface area contributed by atoms with E-state index in [-0.39, 0.29) is 0 Å². The van der Waals surface area contributed by atoms with E-state index in [2.05, 4.69) is 0 Å². The first-order valence-electron chi connectivity index (χ1n) is 3.08. The zero-order valence-electron chi connectivity index (χ0n) is 4.39. The second kappa shape index (κ2) is 1.22. The molecule has 1 aliphatic heterocycles. The summed E-state index contributed by atoms with van der Waals surface area (Å²) in [6.45, 7) is 1.03. The molecule has 1 heterocycles. The molecule has 1 aliphatic carbocycles. The van der Waals surface area contributed by atoms with E-state index >= 15 is 0 Å². The van der Waals surface area contributed by atoms with Gasteiger partial charge in [-0.3, -0.25) is 0 Å². The first-order chi connectivity index (χ1) is 3.47. The highest BCUT2D eigenvalue weighted by molar-refractivity contribution is 4.89. The Hall–Kier alpha value is -0.0400. The Morgan fingerprint density at radius 3 is 3.00 bits per heavy atom. The fourth-order valence-corrected chi connectivity index (χ4v) is 1.31. The number of fused-ring (bicyclic) bond motifs is 1. The summed E-state index contributed by atoms with van der Waals surface area (Å²) in [4.78, 5) is 0. The molecule has 0 aromatic rings. The summed E-state index contributed by atoms with van der Waals surface area (Å²) in [5, 5.41) is 0. The summed E-state index contributed by atoms with van der Waals surface area (Å²) in [7, 11) is 0. The van der Waals surface area contributed by atoms with Crippen LogP contribution in [0.25, 0.3) is 0 Å². The van der Waals surface area contributed by atoms with E-state index in [1.165, 1.54) is 19.3 Å². The van der Waals surface area contributed by atoms with E-state index in [1.54, 1.807) is 0 Å². The van der Waals surface area contributed by atoms with Crippen molar-refractivity contribution in [3.63, 3.8) is 0 Å². The van der Waals surface area contributed by atoms with Crippen LogP contribution >= 0.6 is 0 Å². The average Bonchev–Trinajstić information content (AvgIpc) is 2.41. The smallest absolute Gasteiger partial charge is 0.0607 e. The number of rotatable bonds is 0. The van der Waals surface area contributed by atoms with Crippen LogP contribution in [0.3, 0.4) is 0 Å². The molecule has 1 nitrogen and oxygen atoms in total. The van der Waals surface area contributed by atoms with E-state index < -0.39 is 0 Å². The van der Waals surface area contributed by atoms with E-state index in [0.29, 0.717) is 6.10 Å². The molecule has 0 N–H and O–H groups in total. The zero-order valence-corrected chi connectivity index (χ0v) is 4.39.